The average Bonchev–Trinajstić information content (AvgIpc) is 3.06. The van der Waals surface area contributed by atoms with Crippen molar-refractivity contribution in [3.63, 3.8) is 0 Å². The Morgan fingerprint density at radius 3 is 2.88 bits per heavy atom. The molecular formula is C18H14FN5O. The van der Waals surface area contributed by atoms with E-state index >= 15 is 0 Å². The highest BCUT2D eigenvalue weighted by atomic mass is 19.1. The van der Waals surface area contributed by atoms with Crippen LogP contribution in [0.4, 0.5) is 4.39 Å². The number of fused-ring (bicyclic) bond motifs is 1. The van der Waals surface area contributed by atoms with Crippen molar-refractivity contribution in [2.24, 2.45) is 0 Å². The minimum Gasteiger partial charge on any atom is -0.491 e. The van der Waals surface area contributed by atoms with Crippen molar-refractivity contribution in [2.75, 3.05) is 0 Å². The van der Waals surface area contributed by atoms with Crippen molar-refractivity contribution in [1.82, 2.24) is 24.3 Å². The van der Waals surface area contributed by atoms with Gasteiger partial charge in [0, 0.05) is 25.0 Å². The highest BCUT2D eigenvalue weighted by Gasteiger charge is 2.13. The van der Waals surface area contributed by atoms with Crippen LogP contribution in [0, 0.1) is 12.7 Å². The van der Waals surface area contributed by atoms with Crippen molar-refractivity contribution < 1.29 is 9.50 Å². The van der Waals surface area contributed by atoms with E-state index in [1.807, 2.05) is 29.5 Å². The zero-order chi connectivity index (χ0) is 17.4. The molecule has 0 saturated heterocycles. The van der Waals surface area contributed by atoms with Gasteiger partial charge in [0.1, 0.15) is 5.69 Å². The molecule has 0 unspecified atom stereocenters. The van der Waals surface area contributed by atoms with Crippen molar-refractivity contribution in [3.8, 4) is 17.4 Å². The molecular weight excluding hydrogens is 321 g/mol. The summed E-state index contributed by atoms with van der Waals surface area (Å²) in [7, 11) is 0. The number of hydrogen-bond acceptors (Lipinski definition) is 5. The number of hydrogen-bond donors (Lipinski definition) is 1. The number of aromatic hydroxyl groups is 1. The number of aryl methyl sites for hydroxylation is 1. The maximum atomic E-state index is 13.2. The summed E-state index contributed by atoms with van der Waals surface area (Å²) in [5, 5.41) is 9.50. The van der Waals surface area contributed by atoms with Crippen LogP contribution >= 0.6 is 0 Å². The number of halogens is 1. The minimum atomic E-state index is -0.868. The molecule has 0 atom stereocenters. The van der Waals surface area contributed by atoms with Gasteiger partial charge >= 0.3 is 0 Å². The molecule has 4 rings (SSSR count). The van der Waals surface area contributed by atoms with Gasteiger partial charge in [-0.15, -0.1) is 0 Å². The molecule has 7 heteroatoms. The second-order valence-electron chi connectivity index (χ2n) is 5.76. The summed E-state index contributed by atoms with van der Waals surface area (Å²) in [5.41, 5.74) is 4.19. The van der Waals surface area contributed by atoms with Gasteiger partial charge in [-0.25, -0.2) is 15.0 Å². The lowest BCUT2D eigenvalue weighted by Crippen LogP contribution is -2.03. The summed E-state index contributed by atoms with van der Waals surface area (Å²) in [6, 6.07) is 8.15. The van der Waals surface area contributed by atoms with Crippen LogP contribution in [0.25, 0.3) is 17.2 Å². The van der Waals surface area contributed by atoms with Crippen molar-refractivity contribution in [3.05, 3.63) is 71.7 Å². The zero-order valence-corrected chi connectivity index (χ0v) is 13.4. The summed E-state index contributed by atoms with van der Waals surface area (Å²) in [4.78, 5) is 16.6. The van der Waals surface area contributed by atoms with Crippen LogP contribution in [0.15, 0.2) is 49.1 Å². The smallest absolute Gasteiger partial charge is 0.251 e. The van der Waals surface area contributed by atoms with Gasteiger partial charge in [-0.05, 0) is 12.5 Å². The van der Waals surface area contributed by atoms with E-state index in [9.17, 15) is 9.50 Å². The van der Waals surface area contributed by atoms with E-state index in [1.54, 1.807) is 18.6 Å². The summed E-state index contributed by atoms with van der Waals surface area (Å²) < 4.78 is 15.0. The van der Waals surface area contributed by atoms with E-state index in [0.29, 0.717) is 12.1 Å². The Morgan fingerprint density at radius 1 is 1.20 bits per heavy atom. The van der Waals surface area contributed by atoms with Crippen molar-refractivity contribution >= 4 is 5.65 Å². The molecule has 1 aromatic carbocycles. The lowest BCUT2D eigenvalue weighted by Gasteiger charge is -2.08. The number of benzene rings is 1. The fraction of sp³-hybridized carbons (Fsp3) is 0.111. The Balaban J connectivity index is 1.83. The lowest BCUT2D eigenvalue weighted by molar-refractivity contribution is 0.409. The highest BCUT2D eigenvalue weighted by Crippen LogP contribution is 2.21. The number of nitrogens with zero attached hydrogens (tertiary/aromatic N) is 5. The molecule has 0 amide bonds. The monoisotopic (exact) mass is 335 g/mol. The Hall–Kier alpha value is -3.35. The van der Waals surface area contributed by atoms with Crippen molar-refractivity contribution in [1.29, 1.82) is 0 Å². The van der Waals surface area contributed by atoms with Gasteiger partial charge in [0.15, 0.2) is 11.5 Å². The first-order valence-electron chi connectivity index (χ1n) is 7.70. The van der Waals surface area contributed by atoms with Crippen LogP contribution in [0.1, 0.15) is 16.8 Å². The van der Waals surface area contributed by atoms with E-state index < -0.39 is 11.7 Å². The van der Waals surface area contributed by atoms with Gasteiger partial charge < -0.3 is 9.51 Å². The average molecular weight is 335 g/mol. The van der Waals surface area contributed by atoms with E-state index in [0.717, 1.165) is 23.1 Å². The minimum absolute atomic E-state index is 0.153. The molecule has 3 aromatic heterocycles. The third-order valence-electron chi connectivity index (χ3n) is 3.85. The fourth-order valence-corrected chi connectivity index (χ4v) is 2.72. The summed E-state index contributed by atoms with van der Waals surface area (Å²) in [5.74, 6) is -1.41. The highest BCUT2D eigenvalue weighted by molar-refractivity contribution is 5.55. The summed E-state index contributed by atoms with van der Waals surface area (Å²) in [6.07, 6.45) is 6.70. The second-order valence-corrected chi connectivity index (χ2v) is 5.76. The molecule has 0 spiro atoms. The number of aromatic nitrogens is 5. The molecule has 0 aliphatic carbocycles. The van der Waals surface area contributed by atoms with Gasteiger partial charge in [-0.2, -0.15) is 9.37 Å². The fourth-order valence-electron chi connectivity index (χ4n) is 2.72. The van der Waals surface area contributed by atoms with Gasteiger partial charge in [-0.3, -0.25) is 0 Å². The molecule has 0 saturated carbocycles. The number of rotatable bonds is 3. The van der Waals surface area contributed by atoms with Crippen LogP contribution < -0.4 is 0 Å². The molecule has 6 nitrogen and oxygen atoms in total. The molecule has 0 aliphatic rings. The van der Waals surface area contributed by atoms with Crippen LogP contribution in [0.5, 0.6) is 5.88 Å². The van der Waals surface area contributed by atoms with Crippen LogP contribution in [-0.4, -0.2) is 29.4 Å². The molecule has 0 bridgehead atoms. The van der Waals surface area contributed by atoms with Gasteiger partial charge in [-0.1, -0.05) is 29.8 Å². The molecule has 0 aliphatic heterocycles. The molecule has 25 heavy (non-hydrogen) atoms. The molecule has 4 aromatic rings. The first-order chi connectivity index (χ1) is 12.1. The van der Waals surface area contributed by atoms with Crippen LogP contribution in [-0.2, 0) is 6.42 Å². The Morgan fingerprint density at radius 2 is 2.08 bits per heavy atom. The van der Waals surface area contributed by atoms with E-state index in [1.165, 1.54) is 5.56 Å². The molecule has 0 radical (unpaired) electrons. The van der Waals surface area contributed by atoms with Gasteiger partial charge in [0.2, 0.25) is 5.82 Å². The summed E-state index contributed by atoms with van der Waals surface area (Å²) >= 11 is 0. The Bertz CT molecular complexity index is 1080. The van der Waals surface area contributed by atoms with Crippen LogP contribution in [0.3, 0.4) is 0 Å². The first-order valence-corrected chi connectivity index (χ1v) is 7.70. The van der Waals surface area contributed by atoms with E-state index in [4.69, 9.17) is 0 Å². The lowest BCUT2D eigenvalue weighted by atomic mass is 10.1. The topological polar surface area (TPSA) is 76.2 Å². The Kier molecular flexibility index (Phi) is 3.61. The van der Waals surface area contributed by atoms with Gasteiger partial charge in [0.05, 0.1) is 11.9 Å². The second kappa shape index (κ2) is 5.94. The SMILES string of the molecule is Cc1cccc(Cc2nc(-c3ncc(F)c(O)n3)cn3ccnc23)c1. The molecule has 124 valence electrons. The third kappa shape index (κ3) is 2.91. The third-order valence-corrected chi connectivity index (χ3v) is 3.85. The molecule has 1 N–H and O–H groups in total. The quantitative estimate of drug-likeness (QED) is 0.623. The standard InChI is InChI=1S/C18H14FN5O/c1-11-3-2-4-12(7-11)8-14-17-20-5-6-24(17)10-15(22-14)16-21-9-13(19)18(25)23-16/h2-7,9-10H,8H2,1H3,(H,21,23,25). The number of imidazole rings is 1. The Labute approximate surface area is 142 Å². The predicted molar refractivity (Wildman–Crippen MR) is 89.6 cm³/mol. The zero-order valence-electron chi connectivity index (χ0n) is 13.4. The van der Waals surface area contributed by atoms with Gasteiger partial charge in [0.25, 0.3) is 5.88 Å². The summed E-state index contributed by atoms with van der Waals surface area (Å²) in [6.45, 7) is 2.04. The van der Waals surface area contributed by atoms with E-state index in [2.05, 4.69) is 26.0 Å². The maximum Gasteiger partial charge on any atom is 0.251 e. The predicted octanol–water partition coefficient (Wildman–Crippen LogP) is 2.93. The van der Waals surface area contributed by atoms with Crippen LogP contribution in [0.2, 0.25) is 0 Å². The first kappa shape index (κ1) is 15.2. The maximum absolute atomic E-state index is 13.2. The van der Waals surface area contributed by atoms with E-state index in [-0.39, 0.29) is 5.82 Å². The largest absolute Gasteiger partial charge is 0.491 e. The van der Waals surface area contributed by atoms with Crippen molar-refractivity contribution in [2.45, 2.75) is 13.3 Å². The molecule has 0 fully saturated rings. The molecule has 3 heterocycles. The normalized spacial score (nSPS) is 11.1.